The number of aromatic nitrogens is 2. The molecule has 0 unspecified atom stereocenters. The van der Waals surface area contributed by atoms with Gasteiger partial charge in [0.05, 0.1) is 45.5 Å². The van der Waals surface area contributed by atoms with E-state index in [1.807, 2.05) is 98.8 Å². The van der Waals surface area contributed by atoms with Crippen LogP contribution in [0, 0.1) is 35.3 Å². The number of halogens is 5. The van der Waals surface area contributed by atoms with Gasteiger partial charge in [-0.1, -0.05) is 170 Å². The molecule has 8 aromatic rings. The Bertz CT molecular complexity index is 4060. The van der Waals surface area contributed by atoms with E-state index in [1.165, 1.54) is 56.7 Å². The van der Waals surface area contributed by atoms with Crippen LogP contribution in [0.5, 0.6) is 0 Å². The molecule has 0 spiro atoms. The van der Waals surface area contributed by atoms with E-state index >= 15 is 0 Å². The third kappa shape index (κ3) is 25.4. The number of aliphatic hydroxyl groups is 2. The summed E-state index contributed by atoms with van der Waals surface area (Å²) in [6, 6.07) is 42.8. The van der Waals surface area contributed by atoms with Gasteiger partial charge in [-0.3, -0.25) is 28.8 Å². The number of ether oxygens (including phenoxy) is 6. The Morgan fingerprint density at radius 2 is 0.881 bits per heavy atom. The van der Waals surface area contributed by atoms with E-state index < -0.39 is 102 Å². The quantitative estimate of drug-likeness (QED) is 0.0141. The summed E-state index contributed by atoms with van der Waals surface area (Å²) in [5.41, 5.74) is 5.99. The van der Waals surface area contributed by atoms with Crippen molar-refractivity contribution in [1.82, 2.24) is 20.9 Å². The molecule has 0 aliphatic heterocycles. The summed E-state index contributed by atoms with van der Waals surface area (Å²) in [6.45, 7) is 8.09. The van der Waals surface area contributed by atoms with Gasteiger partial charge in [0.2, 0.25) is 18.3 Å². The van der Waals surface area contributed by atoms with Crippen molar-refractivity contribution in [3.63, 3.8) is 0 Å². The fraction of sp³-hybridized carbons (Fsp3) is 0.324. The van der Waals surface area contributed by atoms with Gasteiger partial charge in [0.1, 0.15) is 23.0 Å². The minimum absolute atomic E-state index is 0.0183. The number of nitrogens with zero attached hydrogens (tertiary/aromatic N) is 2. The molecule has 27 heteroatoms. The molecule has 4 N–H and O–H groups in total. The van der Waals surface area contributed by atoms with Crippen LogP contribution in [0.25, 0.3) is 44.8 Å². The lowest BCUT2D eigenvalue weighted by Crippen LogP contribution is -2.41. The van der Waals surface area contributed by atoms with Gasteiger partial charge in [-0.25, -0.2) is 18.4 Å². The zero-order valence-electron chi connectivity index (χ0n) is 56.2. The first-order valence-electron chi connectivity index (χ1n) is 31.8. The molecule has 6 atom stereocenters. The van der Waals surface area contributed by atoms with Crippen molar-refractivity contribution < 1.29 is 94.8 Å². The first-order valence-corrected chi connectivity index (χ1v) is 33.1. The van der Waals surface area contributed by atoms with Gasteiger partial charge >= 0.3 is 35.8 Å². The van der Waals surface area contributed by atoms with Crippen LogP contribution in [0.2, 0.25) is 10.0 Å². The van der Waals surface area contributed by atoms with E-state index in [9.17, 15) is 57.4 Å². The Morgan fingerprint density at radius 3 is 1.25 bits per heavy atom. The number of rotatable bonds is 30. The van der Waals surface area contributed by atoms with E-state index in [2.05, 4.69) is 35.2 Å². The SMILES string of the molecule is CCOC(=O)[C@H](O)C[C@@H](Cc1ccc(-c2cccc(Cl)c2)cc1)NC(=O)c1cc(-c2ccccc2F)no1.COC(=O)C[C@H](C(=O)OCCl)C(C)C.COC(=O)C[C@H](C(=O)OCOC(=O)[C@H](O)C[C@@H](Cc1ccc(-c2cccc(Cl)c2)cc1)NC(=O)c1cc(-c2ccccc2F)no1)C(C)C. The van der Waals surface area contributed by atoms with Crippen molar-refractivity contribution in [1.29, 1.82) is 0 Å². The van der Waals surface area contributed by atoms with E-state index in [-0.39, 0.29) is 90.6 Å². The molecule has 0 saturated heterocycles. The molecule has 2 aromatic heterocycles. The van der Waals surface area contributed by atoms with Gasteiger partial charge in [0.15, 0.2) is 18.3 Å². The van der Waals surface area contributed by atoms with E-state index in [1.54, 1.807) is 51.1 Å². The predicted octanol–water partition coefficient (Wildman–Crippen LogP) is 12.8. The highest BCUT2D eigenvalue weighted by Gasteiger charge is 2.31. The largest absolute Gasteiger partial charge is 0.469 e. The Morgan fingerprint density at radius 1 is 0.495 bits per heavy atom. The summed E-state index contributed by atoms with van der Waals surface area (Å²) in [4.78, 5) is 97.4. The summed E-state index contributed by atoms with van der Waals surface area (Å²) in [6.07, 6.45) is -3.23. The molecule has 0 saturated carbocycles. The summed E-state index contributed by atoms with van der Waals surface area (Å²) < 4.78 is 67.4. The second-order valence-electron chi connectivity index (χ2n) is 23.4. The van der Waals surface area contributed by atoms with E-state index in [0.29, 0.717) is 16.5 Å². The van der Waals surface area contributed by atoms with Gasteiger partial charge in [0, 0.05) is 58.2 Å². The summed E-state index contributed by atoms with van der Waals surface area (Å²) in [5.74, 6) is -8.37. The molecule has 0 aliphatic rings. The molecule has 2 heterocycles. The lowest BCUT2D eigenvalue weighted by atomic mass is 9.93. The van der Waals surface area contributed by atoms with E-state index in [0.717, 1.165) is 33.4 Å². The summed E-state index contributed by atoms with van der Waals surface area (Å²) in [7, 11) is 2.49. The molecule has 0 fully saturated rings. The number of hydrogen-bond acceptors (Lipinski definition) is 20. The average Bonchev–Trinajstić information content (AvgIpc) is 1.78. The molecular formula is C74H77Cl3F2N4O18. The minimum Gasteiger partial charge on any atom is -0.469 e. The maximum absolute atomic E-state index is 14.3. The number of hydrogen-bond donors (Lipinski definition) is 4. The van der Waals surface area contributed by atoms with Crippen LogP contribution in [0.4, 0.5) is 8.78 Å². The second-order valence-corrected chi connectivity index (χ2v) is 24.5. The van der Waals surface area contributed by atoms with Crippen LogP contribution in [-0.4, -0.2) is 126 Å². The van der Waals surface area contributed by atoms with Gasteiger partial charge in [0.25, 0.3) is 11.8 Å². The van der Waals surface area contributed by atoms with Crippen LogP contribution in [0.1, 0.15) is 92.5 Å². The maximum Gasteiger partial charge on any atom is 0.337 e. The smallest absolute Gasteiger partial charge is 0.337 e. The normalized spacial score (nSPS) is 12.7. The molecule has 0 aliphatic carbocycles. The molecule has 101 heavy (non-hydrogen) atoms. The number of nitrogens with one attached hydrogen (secondary N) is 2. The Hall–Kier alpha value is -9.85. The average molecular weight is 1450 g/mol. The molecule has 536 valence electrons. The second kappa shape index (κ2) is 40.4. The number of carbonyl (C=O) groups excluding carboxylic acids is 8. The van der Waals surface area contributed by atoms with E-state index in [4.69, 9.17) is 58.1 Å². The highest BCUT2D eigenvalue weighted by Crippen LogP contribution is 2.29. The number of alkyl halides is 1. The molecule has 6 aromatic carbocycles. The molecule has 0 bridgehead atoms. The van der Waals surface area contributed by atoms with Crippen molar-refractivity contribution in [2.24, 2.45) is 23.7 Å². The van der Waals surface area contributed by atoms with Crippen molar-refractivity contribution in [3.8, 4) is 44.8 Å². The zero-order chi connectivity index (χ0) is 73.7. The third-order valence-electron chi connectivity index (χ3n) is 15.5. The summed E-state index contributed by atoms with van der Waals surface area (Å²) >= 11 is 17.5. The fourth-order valence-electron chi connectivity index (χ4n) is 10.0. The number of carbonyl (C=O) groups is 8. The van der Waals surface area contributed by atoms with Gasteiger partial charge in [-0.05, 0) is 114 Å². The Labute approximate surface area is 596 Å². The standard InChI is InChI=1S/C36H36ClFN2O9.C29H26ClFN2O5.C9H15ClO4/c1-21(2)28(18-33(42)46-3)35(44)47-20-48-36(45)31(41)17-26(15-22-11-13-23(14-12-22)24-7-6-8-25(37)16-24)39-34(43)32-19-30(40-49-32)27-9-4-5-10-29(27)38;1-2-37-29(36)26(34)16-22(14-18-10-12-19(13-11-18)20-6-5-7-21(30)15-20)32-28(35)27-17-25(33-38-27)23-8-3-4-9-24(23)31;1-6(2)7(4-8(11)13-3)9(12)14-5-10/h4-14,16,19,21,26,28,31,41H,15,17-18,20H2,1-3H3,(H,39,43);3-13,15,17,22,26,34H,2,14,16H2,1H3,(H,32,35);6-7H,4-5H2,1-3H3/t26-,28+,31-;22-,26-;7-/m110/s1. The molecular weight excluding hydrogens is 1380 g/mol. The van der Waals surface area contributed by atoms with Gasteiger partial charge < -0.3 is 58.3 Å². The predicted molar refractivity (Wildman–Crippen MR) is 369 cm³/mol. The number of aliphatic hydroxyl groups excluding tert-OH is 2. The highest BCUT2D eigenvalue weighted by atomic mass is 35.5. The van der Waals surface area contributed by atoms with Crippen LogP contribution in [0.3, 0.4) is 0 Å². The molecule has 2 amide bonds. The van der Waals surface area contributed by atoms with Crippen molar-refractivity contribution in [3.05, 3.63) is 202 Å². The van der Waals surface area contributed by atoms with Crippen LogP contribution < -0.4 is 10.6 Å². The van der Waals surface area contributed by atoms with Crippen LogP contribution in [0.15, 0.2) is 167 Å². The monoisotopic (exact) mass is 1450 g/mol. The molecule has 22 nitrogen and oxygen atoms in total. The Balaban J connectivity index is 0.000000273. The van der Waals surface area contributed by atoms with Gasteiger partial charge in [-0.2, -0.15) is 0 Å². The minimum atomic E-state index is -1.73. The Kier molecular flexibility index (Phi) is 32.1. The van der Waals surface area contributed by atoms with Crippen LogP contribution in [-0.2, 0) is 70.0 Å². The lowest BCUT2D eigenvalue weighted by molar-refractivity contribution is -0.178. The fourth-order valence-corrected chi connectivity index (χ4v) is 10.5. The lowest BCUT2D eigenvalue weighted by Gasteiger charge is -2.21. The maximum atomic E-state index is 14.3. The van der Waals surface area contributed by atoms with Crippen LogP contribution >= 0.6 is 34.8 Å². The van der Waals surface area contributed by atoms with Crippen molar-refractivity contribution in [2.45, 2.75) is 97.4 Å². The van der Waals surface area contributed by atoms with Crippen molar-refractivity contribution >= 4 is 82.4 Å². The first kappa shape index (κ1) is 80.1. The first-order chi connectivity index (χ1) is 48.3. The number of benzene rings is 6. The third-order valence-corrected chi connectivity index (χ3v) is 16.1. The number of amides is 2. The topological polar surface area (TPSA) is 309 Å². The van der Waals surface area contributed by atoms with Crippen molar-refractivity contribution in [2.75, 3.05) is 33.7 Å². The van der Waals surface area contributed by atoms with Gasteiger partial charge in [-0.15, -0.1) is 0 Å². The summed E-state index contributed by atoms with van der Waals surface area (Å²) in [5, 5.41) is 35.5. The molecule has 0 radical (unpaired) electrons. The number of methoxy groups -OCH3 is 2. The zero-order valence-corrected chi connectivity index (χ0v) is 58.5. The molecule has 8 rings (SSSR count). The highest BCUT2D eigenvalue weighted by molar-refractivity contribution is 6.31. The number of esters is 6.